The molecule has 2 atom stereocenters. The summed E-state index contributed by atoms with van der Waals surface area (Å²) in [7, 11) is 0. The van der Waals surface area contributed by atoms with Crippen LogP contribution in [0.2, 0.25) is 0 Å². The summed E-state index contributed by atoms with van der Waals surface area (Å²) in [5, 5.41) is 12.9. The molecule has 1 saturated heterocycles. The molecule has 2 aliphatic rings. The summed E-state index contributed by atoms with van der Waals surface area (Å²) in [5.41, 5.74) is 1.67. The van der Waals surface area contributed by atoms with E-state index in [1.54, 1.807) is 17.0 Å². The maximum absolute atomic E-state index is 13.7. The average molecular weight is 306 g/mol. The van der Waals surface area contributed by atoms with Crippen LogP contribution in [-0.2, 0) is 5.41 Å². The highest BCUT2D eigenvalue weighted by atomic mass is 19.1. The van der Waals surface area contributed by atoms with Gasteiger partial charge >= 0.3 is 6.09 Å². The molecular formula is C17H23FN2O2. The van der Waals surface area contributed by atoms with E-state index in [0.29, 0.717) is 6.54 Å². The van der Waals surface area contributed by atoms with E-state index >= 15 is 0 Å². The van der Waals surface area contributed by atoms with Crippen LogP contribution in [0.3, 0.4) is 0 Å². The fourth-order valence-electron chi connectivity index (χ4n) is 3.95. The van der Waals surface area contributed by atoms with Crippen molar-refractivity contribution in [2.75, 3.05) is 18.4 Å². The Balaban J connectivity index is 1.99. The predicted octanol–water partition coefficient (Wildman–Crippen LogP) is 3.68. The summed E-state index contributed by atoms with van der Waals surface area (Å²) < 4.78 is 13.7. The van der Waals surface area contributed by atoms with E-state index in [9.17, 15) is 14.3 Å². The van der Waals surface area contributed by atoms with Gasteiger partial charge in [0.25, 0.3) is 0 Å². The third-order valence-corrected chi connectivity index (χ3v) is 5.21. The summed E-state index contributed by atoms with van der Waals surface area (Å²) in [6, 6.07) is 4.80. The molecule has 2 unspecified atom stereocenters. The zero-order chi connectivity index (χ0) is 16.1. The minimum Gasteiger partial charge on any atom is -0.465 e. The standard InChI is InChI=1S/C17H23FN2O2/c1-16(2,3)14-9-17(6-7-20(14)15(21)22)10-19-13-5-4-11(18)8-12(13)17/h4-5,8,14,19H,6-7,9-10H2,1-3H3,(H,21,22). The van der Waals surface area contributed by atoms with E-state index in [0.717, 1.165) is 30.6 Å². The molecule has 2 heterocycles. The van der Waals surface area contributed by atoms with Gasteiger partial charge in [-0.25, -0.2) is 9.18 Å². The van der Waals surface area contributed by atoms with Gasteiger partial charge in [0.05, 0.1) is 0 Å². The Kier molecular flexibility index (Phi) is 3.34. The summed E-state index contributed by atoms with van der Waals surface area (Å²) in [4.78, 5) is 13.1. The Hall–Kier alpha value is -1.78. The van der Waals surface area contributed by atoms with Gasteiger partial charge in [0.2, 0.25) is 0 Å². The first-order chi connectivity index (χ1) is 10.2. The van der Waals surface area contributed by atoms with Gasteiger partial charge in [0.1, 0.15) is 5.82 Å². The van der Waals surface area contributed by atoms with Gasteiger partial charge < -0.3 is 15.3 Å². The van der Waals surface area contributed by atoms with Crippen molar-refractivity contribution in [2.24, 2.45) is 5.41 Å². The van der Waals surface area contributed by atoms with Crippen molar-refractivity contribution in [3.05, 3.63) is 29.6 Å². The fraction of sp³-hybridized carbons (Fsp3) is 0.588. The number of piperidine rings is 1. The van der Waals surface area contributed by atoms with Gasteiger partial charge in [-0.15, -0.1) is 0 Å². The van der Waals surface area contributed by atoms with Crippen molar-refractivity contribution < 1.29 is 14.3 Å². The van der Waals surface area contributed by atoms with Crippen molar-refractivity contribution >= 4 is 11.8 Å². The second-order valence-electron chi connectivity index (χ2n) is 7.64. The second kappa shape index (κ2) is 4.86. The number of likely N-dealkylation sites (tertiary alicyclic amines) is 1. The van der Waals surface area contributed by atoms with Gasteiger partial charge in [-0.05, 0) is 42.0 Å². The Bertz CT molecular complexity index is 611. The number of fused-ring (bicyclic) bond motifs is 2. The topological polar surface area (TPSA) is 52.6 Å². The Morgan fingerprint density at radius 2 is 2.18 bits per heavy atom. The summed E-state index contributed by atoms with van der Waals surface area (Å²) in [6.45, 7) is 7.46. The zero-order valence-corrected chi connectivity index (χ0v) is 13.3. The lowest BCUT2D eigenvalue weighted by atomic mass is 9.66. The highest BCUT2D eigenvalue weighted by Crippen LogP contribution is 2.48. The molecule has 1 amide bonds. The number of hydrogen-bond donors (Lipinski definition) is 2. The summed E-state index contributed by atoms with van der Waals surface area (Å²) in [6.07, 6.45) is 0.599. The molecule has 0 radical (unpaired) electrons. The van der Waals surface area contributed by atoms with Gasteiger partial charge in [-0.3, -0.25) is 0 Å². The number of nitrogens with zero attached hydrogens (tertiary/aromatic N) is 1. The number of anilines is 1. The van der Waals surface area contributed by atoms with Crippen molar-refractivity contribution in [1.82, 2.24) is 4.90 Å². The van der Waals surface area contributed by atoms with Crippen LogP contribution in [0.5, 0.6) is 0 Å². The lowest BCUT2D eigenvalue weighted by Gasteiger charge is -2.49. The van der Waals surface area contributed by atoms with Gasteiger partial charge in [-0.1, -0.05) is 20.8 Å². The van der Waals surface area contributed by atoms with E-state index in [2.05, 4.69) is 26.1 Å². The largest absolute Gasteiger partial charge is 0.465 e. The number of benzene rings is 1. The first kappa shape index (κ1) is 15.1. The normalized spacial score (nSPS) is 27.6. The smallest absolute Gasteiger partial charge is 0.407 e. The van der Waals surface area contributed by atoms with E-state index < -0.39 is 6.09 Å². The Morgan fingerprint density at radius 3 is 2.82 bits per heavy atom. The molecule has 2 N–H and O–H groups in total. The number of carbonyl (C=O) groups is 1. The number of nitrogens with one attached hydrogen (secondary N) is 1. The van der Waals surface area contributed by atoms with E-state index in [1.165, 1.54) is 6.07 Å². The number of amides is 1. The molecule has 3 rings (SSSR count). The maximum Gasteiger partial charge on any atom is 0.407 e. The quantitative estimate of drug-likeness (QED) is 0.769. The molecule has 1 fully saturated rings. The van der Waals surface area contributed by atoms with Gasteiger partial charge in [0, 0.05) is 30.2 Å². The van der Waals surface area contributed by atoms with Crippen LogP contribution in [0, 0.1) is 11.2 Å². The van der Waals surface area contributed by atoms with Crippen LogP contribution >= 0.6 is 0 Å². The Labute approximate surface area is 130 Å². The number of hydrogen-bond acceptors (Lipinski definition) is 2. The first-order valence-electron chi connectivity index (χ1n) is 7.76. The molecule has 0 aliphatic carbocycles. The van der Waals surface area contributed by atoms with E-state index in [4.69, 9.17) is 0 Å². The molecule has 2 aliphatic heterocycles. The van der Waals surface area contributed by atoms with Crippen LogP contribution in [0.25, 0.3) is 0 Å². The van der Waals surface area contributed by atoms with Crippen LogP contribution in [-0.4, -0.2) is 35.2 Å². The van der Waals surface area contributed by atoms with Crippen molar-refractivity contribution in [1.29, 1.82) is 0 Å². The first-order valence-corrected chi connectivity index (χ1v) is 7.76. The van der Waals surface area contributed by atoms with Crippen molar-refractivity contribution in [2.45, 2.75) is 45.1 Å². The van der Waals surface area contributed by atoms with Crippen LogP contribution in [0.1, 0.15) is 39.2 Å². The molecule has 120 valence electrons. The molecular weight excluding hydrogens is 283 g/mol. The van der Waals surface area contributed by atoms with E-state index in [-0.39, 0.29) is 22.7 Å². The third-order valence-electron chi connectivity index (χ3n) is 5.21. The summed E-state index contributed by atoms with van der Waals surface area (Å²) in [5.74, 6) is -0.227. The molecule has 0 saturated carbocycles. The molecule has 4 nitrogen and oxygen atoms in total. The number of carboxylic acid groups (broad SMARTS) is 1. The maximum atomic E-state index is 13.7. The monoisotopic (exact) mass is 306 g/mol. The predicted molar refractivity (Wildman–Crippen MR) is 83.8 cm³/mol. The lowest BCUT2D eigenvalue weighted by molar-refractivity contribution is 0.0341. The molecule has 1 spiro atoms. The van der Waals surface area contributed by atoms with Crippen molar-refractivity contribution in [3.8, 4) is 0 Å². The number of halogens is 1. The molecule has 0 bridgehead atoms. The Morgan fingerprint density at radius 1 is 1.45 bits per heavy atom. The lowest BCUT2D eigenvalue weighted by Crippen LogP contribution is -2.56. The molecule has 0 aromatic heterocycles. The van der Waals surface area contributed by atoms with E-state index in [1.807, 2.05) is 0 Å². The third kappa shape index (κ3) is 2.32. The molecule has 1 aromatic rings. The molecule has 22 heavy (non-hydrogen) atoms. The second-order valence-corrected chi connectivity index (χ2v) is 7.64. The minimum atomic E-state index is -0.861. The van der Waals surface area contributed by atoms with Crippen LogP contribution < -0.4 is 5.32 Å². The highest BCUT2D eigenvalue weighted by Gasteiger charge is 2.49. The molecule has 5 heteroatoms. The fourth-order valence-corrected chi connectivity index (χ4v) is 3.95. The average Bonchev–Trinajstić information content (AvgIpc) is 2.76. The SMILES string of the molecule is CC(C)(C)C1CC2(CCN1C(=O)O)CNc1ccc(F)cc12. The van der Waals surface area contributed by atoms with Crippen LogP contribution in [0.4, 0.5) is 14.9 Å². The van der Waals surface area contributed by atoms with Gasteiger partial charge in [-0.2, -0.15) is 0 Å². The highest BCUT2D eigenvalue weighted by molar-refractivity contribution is 5.67. The van der Waals surface area contributed by atoms with Gasteiger partial charge in [0.15, 0.2) is 0 Å². The zero-order valence-electron chi connectivity index (χ0n) is 13.3. The van der Waals surface area contributed by atoms with Crippen LogP contribution in [0.15, 0.2) is 18.2 Å². The molecule has 1 aromatic carbocycles. The minimum absolute atomic E-state index is 0.0743. The summed E-state index contributed by atoms with van der Waals surface area (Å²) >= 11 is 0. The number of rotatable bonds is 0. The van der Waals surface area contributed by atoms with Crippen molar-refractivity contribution in [3.63, 3.8) is 0 Å².